The highest BCUT2D eigenvalue weighted by atomic mass is 32.2. The first-order valence-corrected chi connectivity index (χ1v) is 8.71. The van der Waals surface area contributed by atoms with Crippen molar-refractivity contribution in [2.24, 2.45) is 5.14 Å². The number of primary sulfonamides is 1. The van der Waals surface area contributed by atoms with Gasteiger partial charge in [-0.3, -0.25) is 0 Å². The highest BCUT2D eigenvalue weighted by Crippen LogP contribution is 2.36. The van der Waals surface area contributed by atoms with Crippen LogP contribution in [0, 0.1) is 12.7 Å². The van der Waals surface area contributed by atoms with Crippen LogP contribution in [0.25, 0.3) is 11.1 Å². The molecule has 118 valence electrons. The van der Waals surface area contributed by atoms with E-state index in [1.807, 2.05) is 18.2 Å². The van der Waals surface area contributed by atoms with Crippen molar-refractivity contribution in [2.45, 2.75) is 18.2 Å². The lowest BCUT2D eigenvalue weighted by molar-refractivity contribution is 0.598. The molecule has 2 aromatic rings. The third-order valence-electron chi connectivity index (χ3n) is 3.91. The third-order valence-corrected chi connectivity index (χ3v) is 4.84. The summed E-state index contributed by atoms with van der Waals surface area (Å²) in [4.78, 5) is 0.0757. The monoisotopic (exact) mass is 329 g/mol. The normalized spacial score (nSPS) is 14.6. The van der Waals surface area contributed by atoms with Crippen LogP contribution in [0.2, 0.25) is 0 Å². The topological polar surface area (TPSA) is 60.2 Å². The van der Waals surface area contributed by atoms with E-state index in [0.29, 0.717) is 5.56 Å². The van der Waals surface area contributed by atoms with Gasteiger partial charge in [-0.25, -0.2) is 17.9 Å². The number of hydrogen-bond donors (Lipinski definition) is 1. The number of nitrogens with two attached hydrogens (primary N) is 1. The molecule has 1 aliphatic carbocycles. The summed E-state index contributed by atoms with van der Waals surface area (Å²) in [5.74, 6) is -0.237. The lowest BCUT2D eigenvalue weighted by Crippen LogP contribution is -2.11. The molecule has 3 rings (SSSR count). The summed E-state index contributed by atoms with van der Waals surface area (Å²) in [6, 6.07) is 11.6. The zero-order valence-electron chi connectivity index (χ0n) is 12.6. The van der Waals surface area contributed by atoms with E-state index < -0.39 is 10.0 Å². The van der Waals surface area contributed by atoms with Gasteiger partial charge >= 0.3 is 0 Å². The van der Waals surface area contributed by atoms with Gasteiger partial charge < -0.3 is 0 Å². The van der Waals surface area contributed by atoms with E-state index in [9.17, 15) is 12.8 Å². The summed E-state index contributed by atoms with van der Waals surface area (Å²) >= 11 is 0. The Labute approximate surface area is 135 Å². The van der Waals surface area contributed by atoms with Gasteiger partial charge in [0.1, 0.15) is 5.82 Å². The summed E-state index contributed by atoms with van der Waals surface area (Å²) in [5.41, 5.74) is 4.21. The maximum Gasteiger partial charge on any atom is 0.238 e. The molecule has 0 aromatic heterocycles. The first-order valence-electron chi connectivity index (χ1n) is 7.17. The zero-order valence-corrected chi connectivity index (χ0v) is 13.4. The molecule has 0 saturated heterocycles. The number of aryl methyl sites for hydroxylation is 1. The minimum atomic E-state index is -3.70. The zero-order chi connectivity index (χ0) is 16.6. The summed E-state index contributed by atoms with van der Waals surface area (Å²) in [6.45, 7) is 1.73. The molecule has 0 radical (unpaired) electrons. The van der Waals surface area contributed by atoms with Gasteiger partial charge in [0.15, 0.2) is 0 Å². The molecule has 3 nitrogen and oxygen atoms in total. The fourth-order valence-corrected chi connectivity index (χ4v) is 3.16. The Hall–Kier alpha value is -2.24. The summed E-state index contributed by atoms with van der Waals surface area (Å²) < 4.78 is 36.5. The van der Waals surface area contributed by atoms with E-state index >= 15 is 0 Å². The van der Waals surface area contributed by atoms with Crippen LogP contribution in [-0.2, 0) is 10.0 Å². The summed E-state index contributed by atoms with van der Waals surface area (Å²) in [6.07, 6.45) is 4.84. The predicted octanol–water partition coefficient (Wildman–Crippen LogP) is 3.65. The largest absolute Gasteiger partial charge is 0.238 e. The van der Waals surface area contributed by atoms with Crippen molar-refractivity contribution in [1.29, 1.82) is 0 Å². The van der Waals surface area contributed by atoms with E-state index in [0.717, 1.165) is 28.7 Å². The van der Waals surface area contributed by atoms with E-state index in [-0.39, 0.29) is 10.7 Å². The molecule has 0 bridgehead atoms. The molecule has 0 spiro atoms. The van der Waals surface area contributed by atoms with Crippen LogP contribution in [0.15, 0.2) is 59.5 Å². The maximum atomic E-state index is 13.8. The number of sulfonamides is 1. The molecule has 23 heavy (non-hydrogen) atoms. The molecule has 0 heterocycles. The van der Waals surface area contributed by atoms with Gasteiger partial charge in [0.2, 0.25) is 10.0 Å². The number of benzene rings is 2. The summed E-state index contributed by atoms with van der Waals surface area (Å²) in [5, 5.41) is 5.11. The van der Waals surface area contributed by atoms with Crippen LogP contribution in [0.3, 0.4) is 0 Å². The lowest BCUT2D eigenvalue weighted by atomic mass is 9.94. The van der Waals surface area contributed by atoms with Gasteiger partial charge in [-0.15, -0.1) is 0 Å². The number of rotatable bonds is 3. The molecule has 5 heteroatoms. The Morgan fingerprint density at radius 1 is 0.957 bits per heavy atom. The number of hydrogen-bond acceptors (Lipinski definition) is 2. The number of halogens is 1. The fraction of sp³-hybridized carbons (Fsp3) is 0.111. The van der Waals surface area contributed by atoms with E-state index in [1.54, 1.807) is 25.1 Å². The minimum absolute atomic E-state index is 0.0757. The molecule has 0 aliphatic heterocycles. The molecule has 0 saturated carbocycles. The highest BCUT2D eigenvalue weighted by Gasteiger charge is 2.16. The second-order valence-corrected chi connectivity index (χ2v) is 7.07. The van der Waals surface area contributed by atoms with E-state index in [1.165, 1.54) is 18.2 Å². The minimum Gasteiger partial charge on any atom is -0.225 e. The van der Waals surface area contributed by atoms with Crippen LogP contribution in [0.1, 0.15) is 23.1 Å². The average Bonchev–Trinajstić information content (AvgIpc) is 2.99. The smallest absolute Gasteiger partial charge is 0.225 e. The molecule has 0 atom stereocenters. The molecule has 0 unspecified atom stereocenters. The van der Waals surface area contributed by atoms with Crippen molar-refractivity contribution >= 4 is 21.2 Å². The van der Waals surface area contributed by atoms with Crippen molar-refractivity contribution in [3.63, 3.8) is 0 Å². The van der Waals surface area contributed by atoms with Gasteiger partial charge in [0.25, 0.3) is 0 Å². The average molecular weight is 329 g/mol. The van der Waals surface area contributed by atoms with Crippen molar-refractivity contribution in [3.8, 4) is 0 Å². The van der Waals surface area contributed by atoms with E-state index in [2.05, 4.69) is 0 Å². The van der Waals surface area contributed by atoms with Crippen molar-refractivity contribution < 1.29 is 12.8 Å². The second-order valence-electron chi connectivity index (χ2n) is 5.50. The van der Waals surface area contributed by atoms with Crippen LogP contribution in [0.4, 0.5) is 4.39 Å². The molecular weight excluding hydrogens is 313 g/mol. The molecule has 2 N–H and O–H groups in total. The van der Waals surface area contributed by atoms with Crippen molar-refractivity contribution in [2.75, 3.05) is 0 Å². The summed E-state index contributed by atoms with van der Waals surface area (Å²) in [7, 11) is -3.70. The molecule has 0 amide bonds. The van der Waals surface area contributed by atoms with Gasteiger partial charge in [-0.2, -0.15) is 0 Å². The van der Waals surface area contributed by atoms with Crippen LogP contribution in [0.5, 0.6) is 0 Å². The van der Waals surface area contributed by atoms with Gasteiger partial charge in [-0.1, -0.05) is 36.4 Å². The predicted molar refractivity (Wildman–Crippen MR) is 89.5 cm³/mol. The van der Waals surface area contributed by atoms with E-state index in [4.69, 9.17) is 5.14 Å². The fourth-order valence-electron chi connectivity index (χ4n) is 2.65. The van der Waals surface area contributed by atoms with Gasteiger partial charge in [-0.05, 0) is 59.4 Å². The first kappa shape index (κ1) is 15.6. The molecule has 2 aromatic carbocycles. The maximum absolute atomic E-state index is 13.8. The molecule has 0 fully saturated rings. The van der Waals surface area contributed by atoms with Crippen LogP contribution in [-0.4, -0.2) is 8.42 Å². The van der Waals surface area contributed by atoms with Crippen molar-refractivity contribution in [1.82, 2.24) is 0 Å². The van der Waals surface area contributed by atoms with Crippen LogP contribution < -0.4 is 5.14 Å². The molecular formula is C18H16FNO2S. The van der Waals surface area contributed by atoms with Crippen LogP contribution >= 0.6 is 0 Å². The Bertz CT molecular complexity index is 926. The molecule has 1 aliphatic rings. The number of allylic oxidation sites excluding steroid dienone is 4. The van der Waals surface area contributed by atoms with Gasteiger partial charge in [0, 0.05) is 0 Å². The Kier molecular flexibility index (Phi) is 3.92. The third kappa shape index (κ3) is 3.11. The first-order chi connectivity index (χ1) is 10.9. The van der Waals surface area contributed by atoms with Crippen molar-refractivity contribution in [3.05, 3.63) is 77.1 Å². The Morgan fingerprint density at radius 2 is 1.52 bits per heavy atom. The standard InChI is InChI=1S/C18H16FNO2S/c1-12-5-6-14(11-18(12)19)17-4-2-3-16(17)13-7-9-15(10-8-13)23(20,21)22/h3-11H,2H2,1H3,(H2,20,21,22). The quantitative estimate of drug-likeness (QED) is 0.934. The lowest BCUT2D eigenvalue weighted by Gasteiger charge is -2.11. The Morgan fingerprint density at radius 3 is 2.09 bits per heavy atom. The second kappa shape index (κ2) is 5.76. The highest BCUT2D eigenvalue weighted by molar-refractivity contribution is 7.89. The Balaban J connectivity index is 1.97. The SMILES string of the molecule is Cc1ccc(C2=CCC=C2c2ccc(S(N)(=O)=O)cc2)cc1F. The van der Waals surface area contributed by atoms with Gasteiger partial charge in [0.05, 0.1) is 4.90 Å².